The fraction of sp³-hybridized carbons (Fsp3) is 0.217. The van der Waals surface area contributed by atoms with E-state index in [4.69, 9.17) is 0 Å². The Morgan fingerprint density at radius 1 is 1.07 bits per heavy atom. The number of nitriles is 1. The first-order chi connectivity index (χ1) is 14.2. The van der Waals surface area contributed by atoms with Crippen molar-refractivity contribution in [3.63, 3.8) is 0 Å². The molecular weight excluding hydrogens is 365 g/mol. The van der Waals surface area contributed by atoms with E-state index in [9.17, 15) is 9.65 Å². The second-order valence-electron chi connectivity index (χ2n) is 7.00. The van der Waals surface area contributed by atoms with E-state index in [1.54, 1.807) is 18.3 Å². The van der Waals surface area contributed by atoms with E-state index in [2.05, 4.69) is 26.3 Å². The van der Waals surface area contributed by atoms with E-state index < -0.39 is 0 Å². The first-order valence-electron chi connectivity index (χ1n) is 9.72. The molecule has 0 atom stereocenters. The van der Waals surface area contributed by atoms with Crippen molar-refractivity contribution in [2.24, 2.45) is 0 Å². The average Bonchev–Trinajstić information content (AvgIpc) is 3.00. The van der Waals surface area contributed by atoms with Crippen LogP contribution in [0.5, 0.6) is 0 Å². The Morgan fingerprint density at radius 3 is 2.76 bits per heavy atom. The highest BCUT2D eigenvalue weighted by molar-refractivity contribution is 5.73. The second kappa shape index (κ2) is 8.72. The van der Waals surface area contributed by atoms with E-state index in [0.29, 0.717) is 5.56 Å². The van der Waals surface area contributed by atoms with Crippen LogP contribution in [0.15, 0.2) is 48.7 Å². The molecule has 0 bridgehead atoms. The summed E-state index contributed by atoms with van der Waals surface area (Å²) in [6, 6.07) is 14.4. The summed E-state index contributed by atoms with van der Waals surface area (Å²) in [5.41, 5.74) is 4.21. The van der Waals surface area contributed by atoms with Crippen molar-refractivity contribution < 1.29 is 4.39 Å². The smallest absolute Gasteiger partial charge is 0.124 e. The molecule has 29 heavy (non-hydrogen) atoms. The van der Waals surface area contributed by atoms with Gasteiger partial charge in [0.25, 0.3) is 0 Å². The van der Waals surface area contributed by atoms with Crippen LogP contribution < -0.4 is 10.2 Å². The van der Waals surface area contributed by atoms with Gasteiger partial charge in [0.1, 0.15) is 17.7 Å². The molecule has 1 aromatic carbocycles. The molecule has 2 N–H and O–H groups in total. The highest BCUT2D eigenvalue weighted by Gasteiger charge is 2.17. The first-order valence-corrected chi connectivity index (χ1v) is 9.72. The van der Waals surface area contributed by atoms with Gasteiger partial charge in [0.15, 0.2) is 0 Å². The van der Waals surface area contributed by atoms with Crippen LogP contribution in [0, 0.1) is 17.1 Å². The maximum absolute atomic E-state index is 13.0. The van der Waals surface area contributed by atoms with E-state index >= 15 is 0 Å². The number of halogens is 1. The van der Waals surface area contributed by atoms with E-state index in [-0.39, 0.29) is 5.82 Å². The number of aromatic nitrogens is 2. The molecule has 1 saturated heterocycles. The number of benzene rings is 1. The molecule has 5 nitrogen and oxygen atoms in total. The zero-order valence-electron chi connectivity index (χ0n) is 16.0. The van der Waals surface area contributed by atoms with E-state index in [1.807, 2.05) is 30.4 Å². The summed E-state index contributed by atoms with van der Waals surface area (Å²) in [4.78, 5) is 10.1. The maximum atomic E-state index is 13.0. The van der Waals surface area contributed by atoms with Gasteiger partial charge in [0.05, 0.1) is 11.3 Å². The average molecular weight is 387 g/mol. The summed E-state index contributed by atoms with van der Waals surface area (Å²) >= 11 is 0. The lowest BCUT2D eigenvalue weighted by Crippen LogP contribution is -2.28. The number of aromatic amines is 1. The zero-order valence-corrected chi connectivity index (χ0v) is 16.0. The minimum absolute atomic E-state index is 0.252. The number of hydrogen-bond donors (Lipinski definition) is 2. The van der Waals surface area contributed by atoms with Crippen LogP contribution in [-0.2, 0) is 0 Å². The van der Waals surface area contributed by atoms with Gasteiger partial charge in [-0.2, -0.15) is 5.26 Å². The van der Waals surface area contributed by atoms with E-state index in [0.717, 1.165) is 60.9 Å². The second-order valence-corrected chi connectivity index (χ2v) is 7.00. The lowest BCUT2D eigenvalue weighted by molar-refractivity contribution is 0.628. The molecule has 4 rings (SSSR count). The number of hydrogen-bond acceptors (Lipinski definition) is 4. The minimum atomic E-state index is -0.252. The van der Waals surface area contributed by atoms with Crippen LogP contribution in [0.25, 0.3) is 23.4 Å². The topological polar surface area (TPSA) is 67.7 Å². The first kappa shape index (κ1) is 18.9. The van der Waals surface area contributed by atoms with Crippen molar-refractivity contribution in [1.82, 2.24) is 15.3 Å². The molecule has 0 spiro atoms. The molecule has 2 aromatic heterocycles. The number of H-pyrrole nitrogens is 1. The lowest BCUT2D eigenvalue weighted by Gasteiger charge is -2.20. The van der Waals surface area contributed by atoms with Crippen molar-refractivity contribution in [1.29, 1.82) is 5.26 Å². The SMILES string of the molecule is N#Cc1cc(-c2ccnc(/C=C/c3ccc(F)cc3)c2)[nH]c1N1CCCNCC1. The number of nitrogens with zero attached hydrogens (tertiary/aromatic N) is 3. The van der Waals surface area contributed by atoms with Crippen molar-refractivity contribution in [2.75, 3.05) is 31.1 Å². The fourth-order valence-corrected chi connectivity index (χ4v) is 3.47. The molecule has 3 heterocycles. The third-order valence-electron chi connectivity index (χ3n) is 4.98. The molecule has 1 aliphatic heterocycles. The van der Waals surface area contributed by atoms with Gasteiger partial charge in [-0.25, -0.2) is 4.39 Å². The highest BCUT2D eigenvalue weighted by Crippen LogP contribution is 2.28. The van der Waals surface area contributed by atoms with Gasteiger partial charge in [0, 0.05) is 37.1 Å². The summed E-state index contributed by atoms with van der Waals surface area (Å²) < 4.78 is 13.0. The van der Waals surface area contributed by atoms with Crippen molar-refractivity contribution in [2.45, 2.75) is 6.42 Å². The Hall–Kier alpha value is -3.43. The molecule has 146 valence electrons. The third-order valence-corrected chi connectivity index (χ3v) is 4.98. The Labute approximate surface area is 169 Å². The molecular formula is C23H22FN5. The normalized spacial score (nSPS) is 14.7. The Bertz CT molecular complexity index is 1040. The molecule has 6 heteroatoms. The van der Waals surface area contributed by atoms with Crippen molar-refractivity contribution in [3.05, 3.63) is 71.3 Å². The molecule has 3 aromatic rings. The van der Waals surface area contributed by atoms with Gasteiger partial charge in [-0.15, -0.1) is 0 Å². The molecule has 0 unspecified atom stereocenters. The standard InChI is InChI=1S/C23H22FN5/c24-20-5-2-17(3-6-20)4-7-21-14-18(8-10-27-21)22-15-19(16-25)23(28-22)29-12-1-9-26-11-13-29/h2-8,10,14-15,26,28H,1,9,11-13H2/b7-4+. The zero-order chi connectivity index (χ0) is 20.1. The Kier molecular flexibility index (Phi) is 5.68. The fourth-order valence-electron chi connectivity index (χ4n) is 3.47. The number of anilines is 1. The molecule has 0 radical (unpaired) electrons. The molecule has 1 fully saturated rings. The van der Waals surface area contributed by atoms with Crippen LogP contribution in [0.4, 0.5) is 10.2 Å². The van der Waals surface area contributed by atoms with Crippen molar-refractivity contribution in [3.8, 4) is 17.3 Å². The molecule has 0 saturated carbocycles. The summed E-state index contributed by atoms with van der Waals surface area (Å²) in [5.74, 6) is 0.629. The number of pyridine rings is 1. The summed E-state index contributed by atoms with van der Waals surface area (Å²) in [6.07, 6.45) is 6.60. The number of rotatable bonds is 4. The predicted octanol–water partition coefficient (Wildman–Crippen LogP) is 4.06. The van der Waals surface area contributed by atoms with Crippen LogP contribution in [0.3, 0.4) is 0 Å². The van der Waals surface area contributed by atoms with Gasteiger partial charge in [-0.1, -0.05) is 18.2 Å². The lowest BCUT2D eigenvalue weighted by atomic mass is 10.1. The van der Waals surface area contributed by atoms with Gasteiger partial charge >= 0.3 is 0 Å². The van der Waals surface area contributed by atoms with Crippen LogP contribution in [-0.4, -0.2) is 36.1 Å². The predicted molar refractivity (Wildman–Crippen MR) is 114 cm³/mol. The van der Waals surface area contributed by atoms with Crippen molar-refractivity contribution >= 4 is 18.0 Å². The molecule has 0 aliphatic carbocycles. The summed E-state index contributed by atoms with van der Waals surface area (Å²) in [7, 11) is 0. The largest absolute Gasteiger partial charge is 0.356 e. The minimum Gasteiger partial charge on any atom is -0.356 e. The van der Waals surface area contributed by atoms with E-state index in [1.165, 1.54) is 12.1 Å². The van der Waals surface area contributed by atoms with Gasteiger partial charge < -0.3 is 15.2 Å². The quantitative estimate of drug-likeness (QED) is 0.709. The van der Waals surface area contributed by atoms with Crippen LogP contribution >= 0.6 is 0 Å². The molecule has 0 amide bonds. The van der Waals surface area contributed by atoms with Crippen LogP contribution in [0.2, 0.25) is 0 Å². The summed E-state index contributed by atoms with van der Waals surface area (Å²) in [6.45, 7) is 3.70. The highest BCUT2D eigenvalue weighted by atomic mass is 19.1. The third kappa shape index (κ3) is 4.53. The Morgan fingerprint density at radius 2 is 1.93 bits per heavy atom. The van der Waals surface area contributed by atoms with Gasteiger partial charge in [0.2, 0.25) is 0 Å². The monoisotopic (exact) mass is 387 g/mol. The van der Waals surface area contributed by atoms with Crippen LogP contribution in [0.1, 0.15) is 23.2 Å². The number of nitrogens with one attached hydrogen (secondary N) is 2. The van der Waals surface area contributed by atoms with Gasteiger partial charge in [-0.3, -0.25) is 4.98 Å². The Balaban J connectivity index is 1.59. The molecule has 1 aliphatic rings. The maximum Gasteiger partial charge on any atom is 0.124 e. The summed E-state index contributed by atoms with van der Waals surface area (Å²) in [5, 5.41) is 13.0. The van der Waals surface area contributed by atoms with Gasteiger partial charge in [-0.05, 0) is 54.9 Å².